The highest BCUT2D eigenvalue weighted by molar-refractivity contribution is 7.89. The molecule has 1 aliphatic heterocycles. The number of hydrogen-bond acceptors (Lipinski definition) is 7. The minimum absolute atomic E-state index is 0.0868. The van der Waals surface area contributed by atoms with Crippen LogP contribution in [-0.2, 0) is 21.2 Å². The molecule has 4 rings (SSSR count). The molecule has 10 heteroatoms. The van der Waals surface area contributed by atoms with E-state index in [1.54, 1.807) is 29.2 Å². The molecule has 2 heterocycles. The van der Waals surface area contributed by atoms with E-state index in [1.165, 1.54) is 11.2 Å². The van der Waals surface area contributed by atoms with Gasteiger partial charge in [0, 0.05) is 44.9 Å². The van der Waals surface area contributed by atoms with Crippen molar-refractivity contribution in [2.75, 3.05) is 26.2 Å². The van der Waals surface area contributed by atoms with Crippen molar-refractivity contribution in [3.63, 3.8) is 0 Å². The number of nitrogens with zero attached hydrogens (tertiary/aromatic N) is 4. The minimum atomic E-state index is -3.63. The van der Waals surface area contributed by atoms with E-state index in [4.69, 9.17) is 9.26 Å². The molecule has 1 aromatic heterocycles. The lowest BCUT2D eigenvalue weighted by atomic mass is 10.2. The molecule has 168 valence electrons. The minimum Gasteiger partial charge on any atom is -0.494 e. The van der Waals surface area contributed by atoms with Crippen molar-refractivity contribution in [2.24, 2.45) is 0 Å². The van der Waals surface area contributed by atoms with E-state index in [0.29, 0.717) is 55.9 Å². The normalized spacial score (nSPS) is 19.5. The van der Waals surface area contributed by atoms with Crippen LogP contribution in [-0.4, -0.2) is 66.0 Å². The molecule has 31 heavy (non-hydrogen) atoms. The van der Waals surface area contributed by atoms with Gasteiger partial charge in [-0.3, -0.25) is 4.79 Å². The number of carbonyl (C=O) groups excluding carboxylic acids is 1. The van der Waals surface area contributed by atoms with Gasteiger partial charge in [-0.05, 0) is 50.5 Å². The fraction of sp³-hybridized carbons (Fsp3) is 0.571. The topological polar surface area (TPSA) is 106 Å². The Morgan fingerprint density at radius 2 is 2.00 bits per heavy atom. The first-order valence-electron chi connectivity index (χ1n) is 10.7. The summed E-state index contributed by atoms with van der Waals surface area (Å²) in [5.74, 6) is 2.20. The van der Waals surface area contributed by atoms with E-state index in [0.717, 1.165) is 12.8 Å². The smallest absolute Gasteiger partial charge is 0.243 e. The third-order valence-electron chi connectivity index (χ3n) is 5.73. The Bertz CT molecular complexity index is 1020. The summed E-state index contributed by atoms with van der Waals surface area (Å²) < 4.78 is 38.2. The number of ether oxygens (including phenoxy) is 1. The van der Waals surface area contributed by atoms with Gasteiger partial charge in [0.25, 0.3) is 0 Å². The number of rotatable bonds is 9. The highest BCUT2D eigenvalue weighted by Gasteiger charge is 2.36. The summed E-state index contributed by atoms with van der Waals surface area (Å²) in [5.41, 5.74) is 0. The molecule has 0 radical (unpaired) electrons. The predicted molar refractivity (Wildman–Crippen MR) is 112 cm³/mol. The predicted octanol–water partition coefficient (Wildman–Crippen LogP) is 2.20. The second-order valence-electron chi connectivity index (χ2n) is 8.00. The van der Waals surface area contributed by atoms with Crippen LogP contribution >= 0.6 is 0 Å². The van der Waals surface area contributed by atoms with Gasteiger partial charge in [-0.1, -0.05) is 5.16 Å². The van der Waals surface area contributed by atoms with Crippen molar-refractivity contribution >= 4 is 15.9 Å². The second-order valence-corrected chi connectivity index (χ2v) is 9.93. The number of benzene rings is 1. The number of sulfonamides is 1. The molecule has 9 nitrogen and oxygen atoms in total. The highest BCUT2D eigenvalue weighted by atomic mass is 32.2. The summed E-state index contributed by atoms with van der Waals surface area (Å²) in [7, 11) is -3.63. The zero-order valence-electron chi connectivity index (χ0n) is 17.9. The van der Waals surface area contributed by atoms with Gasteiger partial charge in [-0.2, -0.15) is 9.29 Å². The molecule has 2 aliphatic rings. The van der Waals surface area contributed by atoms with Crippen molar-refractivity contribution < 1.29 is 22.5 Å². The Hall–Kier alpha value is -2.46. The Morgan fingerprint density at radius 1 is 1.26 bits per heavy atom. The van der Waals surface area contributed by atoms with Gasteiger partial charge < -0.3 is 14.2 Å². The first-order chi connectivity index (χ1) is 14.9. The highest BCUT2D eigenvalue weighted by Crippen LogP contribution is 2.38. The van der Waals surface area contributed by atoms with Crippen molar-refractivity contribution in [3.05, 3.63) is 36.0 Å². The standard InChI is InChI=1S/C21H28N4O5S/c1-3-29-18-6-8-19(9-7-18)31(27,28)24-12-10-17(14-24)25(15(2)26)13-11-20-22-21(30-23-20)16-4-5-16/h6-9,16-17H,3-5,10-14H2,1-2H3. The van der Waals surface area contributed by atoms with E-state index in [-0.39, 0.29) is 23.4 Å². The average molecular weight is 449 g/mol. The third kappa shape index (κ3) is 4.90. The van der Waals surface area contributed by atoms with Crippen molar-refractivity contribution in [1.82, 2.24) is 19.3 Å². The Balaban J connectivity index is 1.39. The summed E-state index contributed by atoms with van der Waals surface area (Å²) in [6.45, 7) is 4.98. The molecule has 1 atom stereocenters. The molecule has 1 unspecified atom stereocenters. The SMILES string of the molecule is CCOc1ccc(S(=O)(=O)N2CCC(N(CCc3noc(C4CC4)n3)C(C)=O)C2)cc1. The number of carbonyl (C=O) groups is 1. The van der Waals surface area contributed by atoms with Gasteiger partial charge in [0.15, 0.2) is 5.82 Å². The van der Waals surface area contributed by atoms with E-state index in [2.05, 4.69) is 10.1 Å². The molecule has 2 aromatic rings. The Labute approximate surface area is 182 Å². The lowest BCUT2D eigenvalue weighted by molar-refractivity contribution is -0.130. The fourth-order valence-electron chi connectivity index (χ4n) is 3.89. The number of aromatic nitrogens is 2. The van der Waals surface area contributed by atoms with Gasteiger partial charge in [-0.15, -0.1) is 0 Å². The average Bonchev–Trinajstić information content (AvgIpc) is 3.28. The molecule has 0 spiro atoms. The van der Waals surface area contributed by atoms with Crippen LogP contribution in [0, 0.1) is 0 Å². The number of hydrogen-bond donors (Lipinski definition) is 0. The van der Waals surface area contributed by atoms with Crippen LogP contribution < -0.4 is 4.74 Å². The molecular formula is C21H28N4O5S. The lowest BCUT2D eigenvalue weighted by Crippen LogP contribution is -2.42. The lowest BCUT2D eigenvalue weighted by Gasteiger charge is -2.27. The van der Waals surface area contributed by atoms with Gasteiger partial charge in [0.05, 0.1) is 11.5 Å². The van der Waals surface area contributed by atoms with Gasteiger partial charge in [0.1, 0.15) is 5.75 Å². The van der Waals surface area contributed by atoms with Crippen LogP contribution in [0.2, 0.25) is 0 Å². The summed E-state index contributed by atoms with van der Waals surface area (Å²) >= 11 is 0. The van der Waals surface area contributed by atoms with Gasteiger partial charge in [-0.25, -0.2) is 8.42 Å². The van der Waals surface area contributed by atoms with Gasteiger partial charge in [0.2, 0.25) is 21.8 Å². The third-order valence-corrected chi connectivity index (χ3v) is 7.61. The van der Waals surface area contributed by atoms with Gasteiger partial charge >= 0.3 is 0 Å². The van der Waals surface area contributed by atoms with Crippen LogP contribution in [0.4, 0.5) is 0 Å². The molecule has 1 saturated heterocycles. The molecule has 1 aliphatic carbocycles. The molecule has 1 amide bonds. The van der Waals surface area contributed by atoms with Crippen molar-refractivity contribution in [2.45, 2.75) is 56.4 Å². The van der Waals surface area contributed by atoms with Crippen LogP contribution in [0.5, 0.6) is 5.75 Å². The zero-order valence-corrected chi connectivity index (χ0v) is 18.7. The van der Waals surface area contributed by atoms with Crippen LogP contribution in [0.15, 0.2) is 33.7 Å². The maximum atomic E-state index is 13.0. The van der Waals surface area contributed by atoms with Crippen LogP contribution in [0.1, 0.15) is 50.7 Å². The first-order valence-corrected chi connectivity index (χ1v) is 12.1. The van der Waals surface area contributed by atoms with Crippen LogP contribution in [0.3, 0.4) is 0 Å². The Kier molecular flexibility index (Phi) is 6.29. The summed E-state index contributed by atoms with van der Waals surface area (Å²) in [5, 5.41) is 4.01. The maximum absolute atomic E-state index is 13.0. The van der Waals surface area contributed by atoms with E-state index >= 15 is 0 Å². The monoisotopic (exact) mass is 448 g/mol. The molecule has 1 aromatic carbocycles. The zero-order chi connectivity index (χ0) is 22.0. The van der Waals surface area contributed by atoms with Crippen molar-refractivity contribution in [1.29, 1.82) is 0 Å². The molecular weight excluding hydrogens is 420 g/mol. The molecule has 0 bridgehead atoms. The van der Waals surface area contributed by atoms with Crippen LogP contribution in [0.25, 0.3) is 0 Å². The fourth-order valence-corrected chi connectivity index (χ4v) is 5.38. The number of amides is 1. The second kappa shape index (κ2) is 8.96. The molecule has 2 fully saturated rings. The van der Waals surface area contributed by atoms with E-state index in [9.17, 15) is 13.2 Å². The van der Waals surface area contributed by atoms with E-state index < -0.39 is 10.0 Å². The molecule has 0 N–H and O–H groups in total. The quantitative estimate of drug-likeness (QED) is 0.579. The largest absolute Gasteiger partial charge is 0.494 e. The first kappa shape index (κ1) is 21.8. The van der Waals surface area contributed by atoms with E-state index in [1.807, 2.05) is 6.92 Å². The summed E-state index contributed by atoms with van der Waals surface area (Å²) in [6.07, 6.45) is 3.25. The summed E-state index contributed by atoms with van der Waals surface area (Å²) in [4.78, 5) is 18.6. The van der Waals surface area contributed by atoms with Crippen molar-refractivity contribution in [3.8, 4) is 5.75 Å². The summed E-state index contributed by atoms with van der Waals surface area (Å²) in [6, 6.07) is 6.26. The maximum Gasteiger partial charge on any atom is 0.243 e. The Morgan fingerprint density at radius 3 is 2.65 bits per heavy atom. The molecule has 1 saturated carbocycles.